The average molecular weight is 328 g/mol. The second-order valence-electron chi connectivity index (χ2n) is 4.10. The van der Waals surface area contributed by atoms with Gasteiger partial charge < -0.3 is 5.11 Å². The van der Waals surface area contributed by atoms with E-state index in [1.807, 2.05) is 0 Å². The van der Waals surface area contributed by atoms with Crippen molar-refractivity contribution < 1.29 is 18.3 Å². The minimum Gasteiger partial charge on any atom is -0.507 e. The summed E-state index contributed by atoms with van der Waals surface area (Å²) >= 11 is 1.60. The fourth-order valence-electron chi connectivity index (χ4n) is 1.80. The van der Waals surface area contributed by atoms with Gasteiger partial charge in [0.2, 0.25) is 5.01 Å². The number of nitrogens with zero attached hydrogens (tertiary/aromatic N) is 2. The molecule has 108 valence electrons. The molecule has 2 aromatic carbocycles. The normalized spacial score (nSPS) is 12.0. The summed E-state index contributed by atoms with van der Waals surface area (Å²) in [6.07, 6.45) is -4.48. The Hall–Kier alpha value is -1.80. The number of alkyl halides is 3. The molecule has 0 saturated carbocycles. The molecule has 1 aromatic heterocycles. The van der Waals surface area contributed by atoms with E-state index in [0.717, 1.165) is 17.1 Å². The molecule has 8 heteroatoms. The van der Waals surface area contributed by atoms with E-state index in [-0.39, 0.29) is 10.1 Å². The fraction of sp³-hybridized carbons (Fsp3) is 0.0769. The molecule has 21 heavy (non-hydrogen) atoms. The van der Waals surface area contributed by atoms with Crippen LogP contribution in [0.3, 0.4) is 0 Å². The fourth-order valence-corrected chi connectivity index (χ4v) is 3.62. The summed E-state index contributed by atoms with van der Waals surface area (Å²) in [5.41, 5.74) is 0. The van der Waals surface area contributed by atoms with E-state index < -0.39 is 11.2 Å². The minimum atomic E-state index is -4.48. The van der Waals surface area contributed by atoms with E-state index in [2.05, 4.69) is 10.2 Å². The molecule has 3 nitrogen and oxygen atoms in total. The topological polar surface area (TPSA) is 46.0 Å². The highest BCUT2D eigenvalue weighted by Gasteiger charge is 2.35. The second-order valence-corrected chi connectivity index (χ2v) is 6.37. The number of hydrogen-bond acceptors (Lipinski definition) is 5. The van der Waals surface area contributed by atoms with Crippen LogP contribution < -0.4 is 0 Å². The summed E-state index contributed by atoms with van der Waals surface area (Å²) in [5, 5.41) is 16.9. The van der Waals surface area contributed by atoms with Crippen LogP contribution in [0.2, 0.25) is 0 Å². The molecule has 0 aliphatic carbocycles. The number of phenols is 1. The molecule has 0 aliphatic rings. The first-order valence-electron chi connectivity index (χ1n) is 5.74. The van der Waals surface area contributed by atoms with Crippen LogP contribution in [0.5, 0.6) is 5.75 Å². The Balaban J connectivity index is 1.99. The molecule has 0 aliphatic heterocycles. The maximum Gasteiger partial charge on any atom is 0.445 e. The van der Waals surface area contributed by atoms with Gasteiger partial charge in [0, 0.05) is 10.3 Å². The van der Waals surface area contributed by atoms with Crippen LogP contribution in [-0.4, -0.2) is 15.3 Å². The van der Waals surface area contributed by atoms with Crippen molar-refractivity contribution in [2.45, 2.75) is 15.4 Å². The second kappa shape index (κ2) is 5.19. The maximum absolute atomic E-state index is 12.5. The lowest BCUT2D eigenvalue weighted by Gasteiger charge is -2.05. The Bertz CT molecular complexity index is 801. The summed E-state index contributed by atoms with van der Waals surface area (Å²) in [5.74, 6) is 0.128. The van der Waals surface area contributed by atoms with Gasteiger partial charge >= 0.3 is 6.18 Å². The summed E-state index contributed by atoms with van der Waals surface area (Å²) in [6, 6.07) is 10.3. The summed E-state index contributed by atoms with van der Waals surface area (Å²) in [4.78, 5) is 0.716. The van der Waals surface area contributed by atoms with Crippen molar-refractivity contribution in [2.75, 3.05) is 0 Å². The minimum absolute atomic E-state index is 0.128. The highest BCUT2D eigenvalue weighted by atomic mass is 32.2. The largest absolute Gasteiger partial charge is 0.507 e. The van der Waals surface area contributed by atoms with Crippen molar-refractivity contribution in [3.05, 3.63) is 41.4 Å². The van der Waals surface area contributed by atoms with Crippen LogP contribution in [0.4, 0.5) is 13.2 Å². The van der Waals surface area contributed by atoms with Gasteiger partial charge in [0.05, 0.1) is 0 Å². The van der Waals surface area contributed by atoms with Gasteiger partial charge in [0.1, 0.15) is 5.75 Å². The SMILES string of the molecule is Oc1ccc(Sc2nnc(C(F)(F)F)s2)c2ccccc12. The van der Waals surface area contributed by atoms with Crippen molar-refractivity contribution in [3.63, 3.8) is 0 Å². The third-order valence-corrected chi connectivity index (χ3v) is 4.80. The molecule has 0 bridgehead atoms. The molecule has 3 aromatic rings. The standard InChI is InChI=1S/C13H7F3N2OS2/c14-13(15,16)11-17-18-12(21-11)20-10-6-5-9(19)7-3-1-2-4-8(7)10/h1-6,19H. The predicted octanol–water partition coefficient (Wildman–Crippen LogP) is 4.57. The van der Waals surface area contributed by atoms with Crippen LogP contribution in [-0.2, 0) is 6.18 Å². The summed E-state index contributed by atoms with van der Waals surface area (Å²) in [7, 11) is 0. The van der Waals surface area contributed by atoms with Crippen molar-refractivity contribution in [2.24, 2.45) is 0 Å². The Morgan fingerprint density at radius 2 is 1.71 bits per heavy atom. The molecule has 1 N–H and O–H groups in total. The molecule has 3 rings (SSSR count). The van der Waals surface area contributed by atoms with Crippen LogP contribution in [0.25, 0.3) is 10.8 Å². The van der Waals surface area contributed by atoms with Gasteiger partial charge in [0.15, 0.2) is 4.34 Å². The van der Waals surface area contributed by atoms with E-state index in [0.29, 0.717) is 21.6 Å². The number of aromatic nitrogens is 2. The van der Waals surface area contributed by atoms with Crippen molar-refractivity contribution >= 4 is 33.9 Å². The van der Waals surface area contributed by atoms with E-state index >= 15 is 0 Å². The highest BCUT2D eigenvalue weighted by Crippen LogP contribution is 2.40. The number of fused-ring (bicyclic) bond motifs is 1. The first kappa shape index (κ1) is 14.2. The van der Waals surface area contributed by atoms with E-state index in [1.165, 1.54) is 6.07 Å². The van der Waals surface area contributed by atoms with Crippen LogP contribution in [0.1, 0.15) is 5.01 Å². The van der Waals surface area contributed by atoms with Gasteiger partial charge in [-0.3, -0.25) is 0 Å². The Morgan fingerprint density at radius 3 is 2.38 bits per heavy atom. The first-order chi connectivity index (χ1) is 9.95. The lowest BCUT2D eigenvalue weighted by Crippen LogP contribution is -2.03. The lowest BCUT2D eigenvalue weighted by atomic mass is 10.1. The Morgan fingerprint density at radius 1 is 1.00 bits per heavy atom. The van der Waals surface area contributed by atoms with Gasteiger partial charge in [-0.1, -0.05) is 47.4 Å². The smallest absolute Gasteiger partial charge is 0.445 e. The molecule has 0 fully saturated rings. The highest BCUT2D eigenvalue weighted by molar-refractivity contribution is 8.01. The van der Waals surface area contributed by atoms with Crippen LogP contribution >= 0.6 is 23.1 Å². The van der Waals surface area contributed by atoms with Gasteiger partial charge in [-0.15, -0.1) is 10.2 Å². The molecule has 0 unspecified atom stereocenters. The zero-order valence-electron chi connectivity index (χ0n) is 10.3. The van der Waals surface area contributed by atoms with Crippen LogP contribution in [0.15, 0.2) is 45.6 Å². The molecule has 0 atom stereocenters. The molecule has 0 saturated heterocycles. The number of benzene rings is 2. The van der Waals surface area contributed by atoms with E-state index in [4.69, 9.17) is 0 Å². The average Bonchev–Trinajstić information content (AvgIpc) is 2.91. The predicted molar refractivity (Wildman–Crippen MR) is 74.6 cm³/mol. The van der Waals surface area contributed by atoms with Crippen molar-refractivity contribution in [1.29, 1.82) is 0 Å². The van der Waals surface area contributed by atoms with Crippen molar-refractivity contribution in [3.8, 4) is 5.75 Å². The van der Waals surface area contributed by atoms with E-state index in [1.54, 1.807) is 30.3 Å². The monoisotopic (exact) mass is 328 g/mol. The zero-order chi connectivity index (χ0) is 15.0. The summed E-state index contributed by atoms with van der Waals surface area (Å²) < 4.78 is 37.7. The number of phenolic OH excluding ortho intramolecular Hbond substituents is 1. The molecule has 0 radical (unpaired) electrons. The number of halogens is 3. The van der Waals surface area contributed by atoms with Gasteiger partial charge in [-0.05, 0) is 17.5 Å². The molecule has 0 amide bonds. The number of rotatable bonds is 2. The Kier molecular flexibility index (Phi) is 3.50. The third-order valence-electron chi connectivity index (χ3n) is 2.71. The Labute approximate surface area is 125 Å². The molecular weight excluding hydrogens is 321 g/mol. The quantitative estimate of drug-likeness (QED) is 0.749. The molecule has 0 spiro atoms. The number of hydrogen-bond donors (Lipinski definition) is 1. The van der Waals surface area contributed by atoms with Gasteiger partial charge in [-0.2, -0.15) is 13.2 Å². The van der Waals surface area contributed by atoms with Crippen LogP contribution in [0, 0.1) is 0 Å². The van der Waals surface area contributed by atoms with Crippen molar-refractivity contribution in [1.82, 2.24) is 10.2 Å². The van der Waals surface area contributed by atoms with E-state index in [9.17, 15) is 18.3 Å². The molecule has 1 heterocycles. The lowest BCUT2D eigenvalue weighted by molar-refractivity contribution is -0.138. The first-order valence-corrected chi connectivity index (χ1v) is 7.38. The summed E-state index contributed by atoms with van der Waals surface area (Å²) in [6.45, 7) is 0. The third kappa shape index (κ3) is 2.81. The maximum atomic E-state index is 12.5. The molecular formula is C13H7F3N2OS2. The van der Waals surface area contributed by atoms with Gasteiger partial charge in [-0.25, -0.2) is 0 Å². The zero-order valence-corrected chi connectivity index (χ0v) is 11.9. The number of aromatic hydroxyl groups is 1. The van der Waals surface area contributed by atoms with Gasteiger partial charge in [0.25, 0.3) is 0 Å².